The molecule has 10 aromatic rings. The summed E-state index contributed by atoms with van der Waals surface area (Å²) in [4.78, 5) is 101. The van der Waals surface area contributed by atoms with Gasteiger partial charge in [-0.2, -0.15) is 24.7 Å². The van der Waals surface area contributed by atoms with Crippen molar-refractivity contribution in [3.63, 3.8) is 0 Å². The van der Waals surface area contributed by atoms with Gasteiger partial charge in [-0.15, -0.1) is 0 Å². The molecule has 404 valence electrons. The van der Waals surface area contributed by atoms with Crippen molar-refractivity contribution in [3.05, 3.63) is 222 Å². The number of hydrogen-bond acceptors (Lipinski definition) is 19. The van der Waals surface area contributed by atoms with Gasteiger partial charge in [0.25, 0.3) is 23.7 Å². The summed E-state index contributed by atoms with van der Waals surface area (Å²) < 4.78 is 5.25. The van der Waals surface area contributed by atoms with E-state index >= 15 is 0 Å². The minimum absolute atomic E-state index is 0.0381. The first-order chi connectivity index (χ1) is 38.8. The third-order valence-corrected chi connectivity index (χ3v) is 10.4. The average Bonchev–Trinajstić information content (AvgIpc) is 4.38. The lowest BCUT2D eigenvalue weighted by Gasteiger charge is -2.17. The summed E-state index contributed by atoms with van der Waals surface area (Å²) in [7, 11) is 0. The summed E-state index contributed by atoms with van der Waals surface area (Å²) in [6.07, 6.45) is 29.1. The number of halogens is 3. The van der Waals surface area contributed by atoms with Gasteiger partial charge in [0.05, 0.1) is 29.0 Å². The third kappa shape index (κ3) is 17.7. The lowest BCUT2D eigenvalue weighted by atomic mass is 10.0. The molecule has 27 nitrogen and oxygen atoms in total. The van der Waals surface area contributed by atoms with Gasteiger partial charge in [0.2, 0.25) is 23.0 Å². The van der Waals surface area contributed by atoms with Crippen LogP contribution < -0.4 is 11.1 Å². The Kier molecular flexibility index (Phi) is 22.6. The maximum atomic E-state index is 12.9. The number of carbonyl (C=O) groups excluding carboxylic acids is 3. The van der Waals surface area contributed by atoms with Crippen molar-refractivity contribution in [2.24, 2.45) is 10.7 Å². The summed E-state index contributed by atoms with van der Waals surface area (Å²) >= 11 is 17.1. The first-order valence-corrected chi connectivity index (χ1v) is 23.9. The molecule has 0 bridgehead atoms. The van der Waals surface area contributed by atoms with Gasteiger partial charge in [0.1, 0.15) is 11.7 Å². The Labute approximate surface area is 467 Å². The summed E-state index contributed by atoms with van der Waals surface area (Å²) in [5, 5.41) is 32.3. The van der Waals surface area contributed by atoms with Crippen LogP contribution in [0.15, 0.2) is 189 Å². The van der Waals surface area contributed by atoms with Gasteiger partial charge in [-0.05, 0) is 71.8 Å². The number of carboxylic acids is 2. The number of nitrogens with two attached hydrogens (primary N) is 1. The highest BCUT2D eigenvalue weighted by atomic mass is 35.5. The molecule has 2 amide bonds. The van der Waals surface area contributed by atoms with Crippen molar-refractivity contribution in [2.75, 3.05) is 6.54 Å². The summed E-state index contributed by atoms with van der Waals surface area (Å²) in [5.41, 5.74) is 5.84. The van der Waals surface area contributed by atoms with Gasteiger partial charge >= 0.3 is 11.9 Å². The van der Waals surface area contributed by atoms with E-state index in [2.05, 4.69) is 75.4 Å². The Morgan fingerprint density at radius 2 is 1.12 bits per heavy atom. The van der Waals surface area contributed by atoms with E-state index in [4.69, 9.17) is 50.7 Å². The number of nitrogens with zero attached hydrogens (tertiary/aromatic N) is 18. The van der Waals surface area contributed by atoms with Gasteiger partial charge in [-0.1, -0.05) is 59.6 Å². The van der Waals surface area contributed by atoms with Crippen molar-refractivity contribution in [1.29, 1.82) is 0 Å². The zero-order valence-corrected chi connectivity index (χ0v) is 43.4. The molecule has 0 radical (unpaired) electrons. The van der Waals surface area contributed by atoms with Crippen LogP contribution in [0, 0.1) is 0 Å². The monoisotopic (exact) mass is 1140 g/mol. The topological polar surface area (TPSA) is 364 Å². The fourth-order valence-electron chi connectivity index (χ4n) is 6.15. The number of allylic oxidation sites excluding steroid dienone is 1. The molecule has 0 spiro atoms. The van der Waals surface area contributed by atoms with Crippen molar-refractivity contribution in [2.45, 2.75) is 12.5 Å². The predicted molar refractivity (Wildman–Crippen MR) is 288 cm³/mol. The number of amides is 2. The van der Waals surface area contributed by atoms with Gasteiger partial charge in [0, 0.05) is 93.2 Å². The van der Waals surface area contributed by atoms with Crippen LogP contribution in [0.25, 0.3) is 23.8 Å². The minimum atomic E-state index is -1.18. The largest absolute Gasteiger partial charge is 0.477 e. The second-order valence-electron chi connectivity index (χ2n) is 14.9. The number of primary amides is 1. The van der Waals surface area contributed by atoms with E-state index in [0.29, 0.717) is 11.2 Å². The van der Waals surface area contributed by atoms with Gasteiger partial charge < -0.3 is 21.3 Å². The van der Waals surface area contributed by atoms with E-state index in [9.17, 15) is 24.0 Å². The molecule has 0 fully saturated rings. The molecule has 0 saturated heterocycles. The molecule has 9 aromatic heterocycles. The van der Waals surface area contributed by atoms with Crippen molar-refractivity contribution in [3.8, 4) is 23.8 Å². The van der Waals surface area contributed by atoms with E-state index in [1.165, 1.54) is 77.2 Å². The SMILES string of the molecule is C1=CCN=C1.Clc1ncccn1.NC(=O)C(=O)C(Cc1ccccc1)NC(=O)c1c(Cl)ccn1-c1ncccn1.O=C(O)c1c(Cl)cnn1-c1ncccn1.O=C(O)c1ccnn1-c1ncccn1.c1cnc(-n2cccn2)nc1. The summed E-state index contributed by atoms with van der Waals surface area (Å²) in [5.74, 6) is -3.68. The Bertz CT molecular complexity index is 3590. The van der Waals surface area contributed by atoms with E-state index in [1.807, 2.05) is 24.3 Å². The standard InChI is InChI=1S/C19H16ClN5O3.C8H5ClN4O2.C8H6N4O2.C7H6N4.C4H3ClN2.C4H5N/c20-13-7-10-25(19-22-8-4-9-23-19)15(13)18(28)24-14(16(26)17(21)27)11-12-5-2-1-3-6-12;9-5-4-12-13(6(5)7(14)15)8-10-2-1-3-11-8;13-7(14)6-2-5-11-12(6)8-9-3-1-4-10-8;1-3-8-7(9-4-1)11-6-2-5-10-11;5-4-6-2-1-3-7-4;1-2-4-5-3-1/h1-10,14H,11H2,(H2,21,27)(H,24,28);1-4H,(H,14,15);1-5H,(H,13,14);1-6H;1-3H;1-3H,4H2. The number of aromatic nitrogens is 17. The molecule has 5 N–H and O–H groups in total. The first kappa shape index (κ1) is 58.6. The molecule has 10 heterocycles. The van der Waals surface area contributed by atoms with Crippen LogP contribution in [0.5, 0.6) is 0 Å². The maximum absolute atomic E-state index is 12.9. The molecule has 1 aliphatic heterocycles. The highest BCUT2D eigenvalue weighted by Gasteiger charge is 2.28. The van der Waals surface area contributed by atoms with Crippen LogP contribution in [-0.4, -0.2) is 142 Å². The molecule has 11 rings (SSSR count). The third-order valence-electron chi connectivity index (χ3n) is 9.57. The van der Waals surface area contributed by atoms with Crippen molar-refractivity contribution in [1.82, 2.24) is 89.1 Å². The smallest absolute Gasteiger partial charge is 0.356 e. The lowest BCUT2D eigenvalue weighted by molar-refractivity contribution is -0.137. The Hall–Kier alpha value is -10.6. The number of aromatic carboxylic acids is 2. The van der Waals surface area contributed by atoms with E-state index in [-0.39, 0.29) is 51.4 Å². The quantitative estimate of drug-likeness (QED) is 0.0911. The minimum Gasteiger partial charge on any atom is -0.477 e. The zero-order valence-electron chi connectivity index (χ0n) is 41.1. The second-order valence-corrected chi connectivity index (χ2v) is 16.1. The van der Waals surface area contributed by atoms with Crippen LogP contribution in [-0.2, 0) is 16.0 Å². The maximum Gasteiger partial charge on any atom is 0.356 e. The van der Waals surface area contributed by atoms with Crippen LogP contribution in [0.3, 0.4) is 0 Å². The molecule has 0 aliphatic carbocycles. The molecule has 0 saturated carbocycles. The van der Waals surface area contributed by atoms with E-state index in [1.54, 1.807) is 103 Å². The molecule has 1 unspecified atom stereocenters. The van der Waals surface area contributed by atoms with Crippen molar-refractivity contribution >= 4 is 70.6 Å². The molecule has 1 aromatic carbocycles. The summed E-state index contributed by atoms with van der Waals surface area (Å²) in [6, 6.07) is 20.9. The number of aliphatic imine (C=N–C) groups is 1. The molecular weight excluding hydrogens is 1100 g/mol. The highest BCUT2D eigenvalue weighted by Crippen LogP contribution is 2.21. The molecule has 80 heavy (non-hydrogen) atoms. The second kappa shape index (κ2) is 30.8. The molecular formula is C50H41Cl3N20O7. The molecule has 1 atom stereocenters. The molecule has 30 heteroatoms. The van der Waals surface area contributed by atoms with Crippen LogP contribution in [0.2, 0.25) is 15.3 Å². The first-order valence-electron chi connectivity index (χ1n) is 22.8. The lowest BCUT2D eigenvalue weighted by Crippen LogP contribution is -2.47. The predicted octanol–water partition coefficient (Wildman–Crippen LogP) is 5.11. The highest BCUT2D eigenvalue weighted by molar-refractivity contribution is 6.38. The zero-order chi connectivity index (χ0) is 57.1. The van der Waals surface area contributed by atoms with Gasteiger partial charge in [-0.25, -0.2) is 64.1 Å². The Morgan fingerprint density at radius 1 is 0.562 bits per heavy atom. The number of ketones is 1. The van der Waals surface area contributed by atoms with Crippen molar-refractivity contribution < 1.29 is 34.2 Å². The average molecular weight is 1140 g/mol. The number of carboxylic acid groups (broad SMARTS) is 2. The fourth-order valence-corrected chi connectivity index (χ4v) is 6.70. The van der Waals surface area contributed by atoms with Gasteiger partial charge in [0.15, 0.2) is 11.4 Å². The van der Waals surface area contributed by atoms with Gasteiger partial charge in [-0.3, -0.25) is 23.9 Å². The Balaban J connectivity index is 0.000000168. The Morgan fingerprint density at radius 3 is 1.60 bits per heavy atom. The number of Topliss-reactive ketones (excluding diaryl/α,β-unsaturated/α-hetero) is 1. The number of hydrogen-bond donors (Lipinski definition) is 4. The number of carbonyl (C=O) groups is 5. The van der Waals surface area contributed by atoms with Crippen LogP contribution in [0.1, 0.15) is 37.0 Å². The van der Waals surface area contributed by atoms with E-state index < -0.39 is 35.6 Å². The summed E-state index contributed by atoms with van der Waals surface area (Å²) in [6.45, 7) is 0.889. The number of nitrogens with one attached hydrogen (secondary N) is 1. The van der Waals surface area contributed by atoms with Crippen LogP contribution in [0.4, 0.5) is 0 Å². The van der Waals surface area contributed by atoms with Crippen LogP contribution >= 0.6 is 34.8 Å². The number of rotatable bonds is 12. The molecule has 1 aliphatic rings. The van der Waals surface area contributed by atoms with E-state index in [0.717, 1.165) is 16.8 Å². The fraction of sp³-hybridized carbons (Fsp3) is 0.0600. The normalized spacial score (nSPS) is 10.9. The number of benzene rings is 1.